The van der Waals surface area contributed by atoms with E-state index in [0.717, 1.165) is 16.8 Å². The Morgan fingerprint density at radius 2 is 1.59 bits per heavy atom. The lowest BCUT2D eigenvalue weighted by Gasteiger charge is -2.34. The van der Waals surface area contributed by atoms with Gasteiger partial charge in [-0.1, -0.05) is 54.1 Å². The SMILES string of the molecule is Cc1ccc(N(Cc2ccccc2)C(=O)c2cccc(S(=O)(=O)N3C[C@H](C)O[C@@H](C)C3)c2)cc1. The van der Waals surface area contributed by atoms with Gasteiger partial charge in [-0.15, -0.1) is 0 Å². The third-order valence-corrected chi connectivity index (χ3v) is 7.71. The zero-order valence-electron chi connectivity index (χ0n) is 19.7. The van der Waals surface area contributed by atoms with Gasteiger partial charge in [-0.05, 0) is 56.7 Å². The number of benzene rings is 3. The van der Waals surface area contributed by atoms with Crippen LogP contribution in [0, 0.1) is 6.92 Å². The monoisotopic (exact) mass is 478 g/mol. The zero-order valence-corrected chi connectivity index (χ0v) is 20.5. The molecule has 0 saturated carbocycles. The third-order valence-electron chi connectivity index (χ3n) is 5.88. The van der Waals surface area contributed by atoms with Crippen molar-refractivity contribution in [2.24, 2.45) is 0 Å². The van der Waals surface area contributed by atoms with Crippen LogP contribution in [0.1, 0.15) is 35.3 Å². The van der Waals surface area contributed by atoms with Crippen molar-refractivity contribution >= 4 is 21.6 Å². The third kappa shape index (κ3) is 5.38. The van der Waals surface area contributed by atoms with Crippen molar-refractivity contribution in [3.8, 4) is 0 Å². The number of nitrogens with zero attached hydrogens (tertiary/aromatic N) is 2. The number of aryl methyl sites for hydroxylation is 1. The van der Waals surface area contributed by atoms with Gasteiger partial charge >= 0.3 is 0 Å². The standard InChI is InChI=1S/C27H30N2O4S/c1-20-12-14-25(15-13-20)29(19-23-8-5-4-6-9-23)27(30)24-10-7-11-26(16-24)34(31,32)28-17-21(2)33-22(3)18-28/h4-16,21-22H,17-19H2,1-3H3/t21-,22-/m0/s1. The zero-order chi connectivity index (χ0) is 24.3. The van der Waals surface area contributed by atoms with Crippen LogP contribution in [0.2, 0.25) is 0 Å². The first-order valence-electron chi connectivity index (χ1n) is 11.4. The number of hydrogen-bond donors (Lipinski definition) is 0. The molecule has 1 aliphatic rings. The molecule has 0 unspecified atom stereocenters. The second kappa shape index (κ2) is 10.1. The number of sulfonamides is 1. The Labute approximate surface area is 201 Å². The summed E-state index contributed by atoms with van der Waals surface area (Å²) in [5.41, 5.74) is 3.16. The highest BCUT2D eigenvalue weighted by atomic mass is 32.2. The first-order chi connectivity index (χ1) is 16.2. The van der Waals surface area contributed by atoms with E-state index in [-0.39, 0.29) is 36.1 Å². The van der Waals surface area contributed by atoms with E-state index in [1.165, 1.54) is 10.4 Å². The predicted octanol–water partition coefficient (Wildman–Crippen LogP) is 4.64. The number of rotatable bonds is 6. The lowest BCUT2D eigenvalue weighted by molar-refractivity contribution is -0.0440. The van der Waals surface area contributed by atoms with Gasteiger partial charge in [-0.2, -0.15) is 4.31 Å². The summed E-state index contributed by atoms with van der Waals surface area (Å²) in [7, 11) is -3.76. The summed E-state index contributed by atoms with van der Waals surface area (Å²) < 4.78 is 33.9. The Hall–Kier alpha value is -3.00. The largest absolute Gasteiger partial charge is 0.373 e. The van der Waals surface area contributed by atoms with E-state index in [9.17, 15) is 13.2 Å². The smallest absolute Gasteiger partial charge is 0.258 e. The predicted molar refractivity (Wildman–Crippen MR) is 133 cm³/mol. The van der Waals surface area contributed by atoms with E-state index in [4.69, 9.17) is 4.74 Å². The van der Waals surface area contributed by atoms with Crippen molar-refractivity contribution in [1.82, 2.24) is 4.31 Å². The molecule has 4 rings (SSSR count). The minimum atomic E-state index is -3.76. The molecular weight excluding hydrogens is 448 g/mol. The van der Waals surface area contributed by atoms with Crippen LogP contribution < -0.4 is 4.90 Å². The lowest BCUT2D eigenvalue weighted by atomic mass is 10.1. The molecular formula is C27H30N2O4S. The number of hydrogen-bond acceptors (Lipinski definition) is 4. The molecule has 0 N–H and O–H groups in total. The van der Waals surface area contributed by atoms with E-state index in [0.29, 0.717) is 12.1 Å². The Balaban J connectivity index is 1.67. The van der Waals surface area contributed by atoms with E-state index in [1.54, 1.807) is 23.1 Å². The molecule has 6 nitrogen and oxygen atoms in total. The summed E-state index contributed by atoms with van der Waals surface area (Å²) >= 11 is 0. The first-order valence-corrected chi connectivity index (χ1v) is 12.9. The average Bonchev–Trinajstić information content (AvgIpc) is 2.83. The Morgan fingerprint density at radius 1 is 0.941 bits per heavy atom. The lowest BCUT2D eigenvalue weighted by Crippen LogP contribution is -2.48. The molecule has 178 valence electrons. The van der Waals surface area contributed by atoms with E-state index in [2.05, 4.69) is 0 Å². The van der Waals surface area contributed by atoms with Crippen LogP contribution in [0.4, 0.5) is 5.69 Å². The first kappa shape index (κ1) is 24.1. The minimum Gasteiger partial charge on any atom is -0.373 e. The van der Waals surface area contributed by atoms with Gasteiger partial charge in [0.1, 0.15) is 0 Å². The Kier molecular flexibility index (Phi) is 7.16. The number of carbonyl (C=O) groups is 1. The summed E-state index contributed by atoms with van der Waals surface area (Å²) in [5.74, 6) is -0.256. The number of ether oxygens (including phenoxy) is 1. The van der Waals surface area contributed by atoms with Gasteiger partial charge in [0.15, 0.2) is 0 Å². The molecule has 1 aliphatic heterocycles. The summed E-state index contributed by atoms with van der Waals surface area (Å²) in [4.78, 5) is 15.5. The van der Waals surface area contributed by atoms with Crippen molar-refractivity contribution in [3.63, 3.8) is 0 Å². The quantitative estimate of drug-likeness (QED) is 0.518. The molecule has 34 heavy (non-hydrogen) atoms. The van der Waals surface area contributed by atoms with Crippen molar-refractivity contribution in [2.45, 2.75) is 44.4 Å². The fourth-order valence-corrected chi connectivity index (χ4v) is 5.83. The summed E-state index contributed by atoms with van der Waals surface area (Å²) in [6.45, 7) is 6.66. The second-order valence-electron chi connectivity index (χ2n) is 8.82. The van der Waals surface area contributed by atoms with Crippen LogP contribution in [0.25, 0.3) is 0 Å². The van der Waals surface area contributed by atoms with E-state index in [1.807, 2.05) is 75.4 Å². The molecule has 3 aromatic rings. The molecule has 1 heterocycles. The van der Waals surface area contributed by atoms with Crippen LogP contribution in [-0.2, 0) is 21.3 Å². The van der Waals surface area contributed by atoms with Crippen LogP contribution in [0.3, 0.4) is 0 Å². The van der Waals surface area contributed by atoms with Crippen LogP contribution in [0.15, 0.2) is 83.8 Å². The molecule has 1 fully saturated rings. The molecule has 2 atom stereocenters. The van der Waals surface area contributed by atoms with E-state index >= 15 is 0 Å². The summed E-state index contributed by atoms with van der Waals surface area (Å²) in [6, 6.07) is 23.8. The minimum absolute atomic E-state index is 0.114. The molecule has 0 aromatic heterocycles. The Bertz CT molecular complexity index is 1230. The average molecular weight is 479 g/mol. The van der Waals surface area contributed by atoms with Gasteiger partial charge in [-0.25, -0.2) is 8.42 Å². The van der Waals surface area contributed by atoms with Crippen molar-refractivity contribution in [3.05, 3.63) is 95.6 Å². The van der Waals surface area contributed by atoms with Crippen molar-refractivity contribution in [2.75, 3.05) is 18.0 Å². The summed E-state index contributed by atoms with van der Waals surface area (Å²) in [6.07, 6.45) is -0.377. The highest BCUT2D eigenvalue weighted by Gasteiger charge is 2.32. The summed E-state index contributed by atoms with van der Waals surface area (Å²) in [5, 5.41) is 0. The van der Waals surface area contributed by atoms with Gasteiger partial charge in [0.25, 0.3) is 5.91 Å². The van der Waals surface area contributed by atoms with E-state index < -0.39 is 10.0 Å². The maximum absolute atomic E-state index is 13.7. The van der Waals surface area contributed by atoms with Gasteiger partial charge in [0.2, 0.25) is 10.0 Å². The van der Waals surface area contributed by atoms with Crippen LogP contribution in [-0.4, -0.2) is 43.9 Å². The highest BCUT2D eigenvalue weighted by Crippen LogP contribution is 2.25. The maximum Gasteiger partial charge on any atom is 0.258 e. The van der Waals surface area contributed by atoms with Gasteiger partial charge < -0.3 is 9.64 Å². The molecule has 0 spiro atoms. The second-order valence-corrected chi connectivity index (χ2v) is 10.8. The Morgan fingerprint density at radius 3 is 2.24 bits per heavy atom. The highest BCUT2D eigenvalue weighted by molar-refractivity contribution is 7.89. The van der Waals surface area contributed by atoms with Crippen molar-refractivity contribution < 1.29 is 17.9 Å². The van der Waals surface area contributed by atoms with Crippen LogP contribution in [0.5, 0.6) is 0 Å². The normalized spacial score (nSPS) is 19.0. The fourth-order valence-electron chi connectivity index (χ4n) is 4.19. The van der Waals surface area contributed by atoms with Gasteiger partial charge in [0.05, 0.1) is 23.6 Å². The number of anilines is 1. The molecule has 0 aliphatic carbocycles. The number of morpholine rings is 1. The van der Waals surface area contributed by atoms with Gasteiger partial charge in [-0.3, -0.25) is 4.79 Å². The molecule has 0 radical (unpaired) electrons. The molecule has 7 heteroatoms. The fraction of sp³-hybridized carbons (Fsp3) is 0.296. The number of carbonyl (C=O) groups excluding carboxylic acids is 1. The topological polar surface area (TPSA) is 66.9 Å². The van der Waals surface area contributed by atoms with Crippen LogP contribution >= 0.6 is 0 Å². The number of amides is 1. The molecule has 1 amide bonds. The molecule has 0 bridgehead atoms. The molecule has 3 aromatic carbocycles. The molecule has 1 saturated heterocycles. The van der Waals surface area contributed by atoms with Crippen molar-refractivity contribution in [1.29, 1.82) is 0 Å². The van der Waals surface area contributed by atoms with Gasteiger partial charge in [0, 0.05) is 24.3 Å². The maximum atomic E-state index is 13.7.